The summed E-state index contributed by atoms with van der Waals surface area (Å²) in [5, 5.41) is 0.397. The zero-order valence-electron chi connectivity index (χ0n) is 18.7. The number of hydrogen-bond donors (Lipinski definition) is 0. The van der Waals surface area contributed by atoms with Crippen molar-refractivity contribution in [2.75, 3.05) is 4.90 Å². The van der Waals surface area contributed by atoms with Gasteiger partial charge in [0.2, 0.25) is 29.0 Å². The van der Waals surface area contributed by atoms with Gasteiger partial charge in [0, 0.05) is 16.1 Å². The fraction of sp³-hybridized carbons (Fsp3) is 0.185. The number of anilines is 1. The molecule has 3 aromatic rings. The summed E-state index contributed by atoms with van der Waals surface area (Å²) in [6.45, 7) is 0. The van der Waals surface area contributed by atoms with E-state index in [-0.39, 0.29) is 16.8 Å². The van der Waals surface area contributed by atoms with E-state index in [0.29, 0.717) is 10.6 Å². The topological polar surface area (TPSA) is 80.8 Å². The van der Waals surface area contributed by atoms with Crippen molar-refractivity contribution in [3.05, 3.63) is 100 Å². The SMILES string of the molecule is O=C1[C@@H]2[C@@H](c3ccc(Cl)cc3)OC3(C(=O)c4ccccc4C3=O)[C@H]2C(=O)N1c1ccc(C(F)(F)F)cc1. The fourth-order valence-corrected chi connectivity index (χ4v) is 5.65. The number of ether oxygens (including phenoxy) is 1. The second kappa shape index (κ2) is 7.84. The Labute approximate surface area is 212 Å². The Balaban J connectivity index is 1.50. The molecule has 3 aliphatic rings. The molecular formula is C27H15ClF3NO5. The van der Waals surface area contributed by atoms with Crippen molar-refractivity contribution in [1.82, 2.24) is 0 Å². The van der Waals surface area contributed by atoms with E-state index < -0.39 is 58.7 Å². The van der Waals surface area contributed by atoms with Crippen LogP contribution in [-0.4, -0.2) is 29.0 Å². The minimum absolute atomic E-state index is 0.0798. The molecule has 2 fully saturated rings. The van der Waals surface area contributed by atoms with Gasteiger partial charge in [0.1, 0.15) is 0 Å². The van der Waals surface area contributed by atoms with Gasteiger partial charge in [0.25, 0.3) is 0 Å². The van der Waals surface area contributed by atoms with Crippen LogP contribution in [0, 0.1) is 11.8 Å². The van der Waals surface area contributed by atoms with Crippen LogP contribution in [0.15, 0.2) is 72.8 Å². The van der Waals surface area contributed by atoms with Crippen molar-refractivity contribution in [3.8, 4) is 0 Å². The minimum atomic E-state index is -4.61. The van der Waals surface area contributed by atoms with Gasteiger partial charge < -0.3 is 4.74 Å². The van der Waals surface area contributed by atoms with Crippen LogP contribution in [-0.2, 0) is 20.5 Å². The smallest absolute Gasteiger partial charge is 0.349 e. The summed E-state index contributed by atoms with van der Waals surface area (Å²) in [6.07, 6.45) is -5.76. The Morgan fingerprint density at radius 1 is 0.784 bits per heavy atom. The molecule has 6 rings (SSSR count). The number of imide groups is 1. The van der Waals surface area contributed by atoms with Gasteiger partial charge in [0.05, 0.1) is 29.2 Å². The number of fused-ring (bicyclic) bond motifs is 3. The molecule has 1 spiro atoms. The molecule has 0 bridgehead atoms. The molecule has 2 saturated heterocycles. The summed E-state index contributed by atoms with van der Waals surface area (Å²) in [7, 11) is 0. The van der Waals surface area contributed by atoms with Gasteiger partial charge in [-0.05, 0) is 42.0 Å². The van der Waals surface area contributed by atoms with E-state index in [4.69, 9.17) is 16.3 Å². The Bertz CT molecular complexity index is 1460. The first-order valence-electron chi connectivity index (χ1n) is 11.2. The molecule has 3 atom stereocenters. The summed E-state index contributed by atoms with van der Waals surface area (Å²) in [5.74, 6) is -5.89. The zero-order chi connectivity index (χ0) is 26.3. The highest BCUT2D eigenvalue weighted by atomic mass is 35.5. The second-order valence-corrected chi connectivity index (χ2v) is 9.53. The van der Waals surface area contributed by atoms with E-state index in [0.717, 1.165) is 29.2 Å². The average Bonchev–Trinajstić information content (AvgIpc) is 3.44. The minimum Gasteiger partial charge on any atom is -0.349 e. The normalized spacial score (nSPS) is 24.2. The maximum atomic E-state index is 13.8. The number of halogens is 4. The lowest BCUT2D eigenvalue weighted by Gasteiger charge is -2.27. The number of carbonyl (C=O) groups is 4. The Morgan fingerprint density at radius 2 is 1.35 bits per heavy atom. The molecule has 10 heteroatoms. The van der Waals surface area contributed by atoms with Crippen LogP contribution in [0.4, 0.5) is 18.9 Å². The third-order valence-corrected chi connectivity index (χ3v) is 7.42. The second-order valence-electron chi connectivity index (χ2n) is 9.09. The summed E-state index contributed by atoms with van der Waals surface area (Å²) >= 11 is 6.00. The Morgan fingerprint density at radius 3 is 1.89 bits per heavy atom. The van der Waals surface area contributed by atoms with E-state index in [1.807, 2.05) is 0 Å². The number of hydrogen-bond acceptors (Lipinski definition) is 5. The lowest BCUT2D eigenvalue weighted by molar-refractivity contribution is -0.137. The lowest BCUT2D eigenvalue weighted by Crippen LogP contribution is -2.51. The van der Waals surface area contributed by atoms with Crippen LogP contribution in [0.25, 0.3) is 0 Å². The quantitative estimate of drug-likeness (QED) is 0.345. The number of carbonyl (C=O) groups excluding carboxylic acids is 4. The fourth-order valence-electron chi connectivity index (χ4n) is 5.52. The van der Waals surface area contributed by atoms with Crippen LogP contribution in [0.5, 0.6) is 0 Å². The van der Waals surface area contributed by atoms with E-state index in [1.54, 1.807) is 36.4 Å². The number of benzene rings is 3. The third-order valence-electron chi connectivity index (χ3n) is 7.17. The van der Waals surface area contributed by atoms with Gasteiger partial charge in [-0.1, -0.05) is 48.0 Å². The van der Waals surface area contributed by atoms with Gasteiger partial charge in [0.15, 0.2) is 0 Å². The summed E-state index contributed by atoms with van der Waals surface area (Å²) < 4.78 is 45.4. The Hall–Kier alpha value is -3.82. The molecule has 2 amide bonds. The molecule has 186 valence electrons. The predicted molar refractivity (Wildman–Crippen MR) is 124 cm³/mol. The summed E-state index contributed by atoms with van der Waals surface area (Å²) in [6, 6.07) is 15.8. The van der Waals surface area contributed by atoms with Crippen molar-refractivity contribution in [2.45, 2.75) is 17.9 Å². The molecule has 0 radical (unpaired) electrons. The number of Topliss-reactive ketones (excluding diaryl/α,β-unsaturated/α-hetero) is 2. The first-order valence-corrected chi connectivity index (χ1v) is 11.6. The van der Waals surface area contributed by atoms with Crippen LogP contribution < -0.4 is 4.90 Å². The van der Waals surface area contributed by atoms with E-state index in [9.17, 15) is 32.3 Å². The van der Waals surface area contributed by atoms with Crippen LogP contribution in [0.3, 0.4) is 0 Å². The highest BCUT2D eigenvalue weighted by Gasteiger charge is 2.74. The van der Waals surface area contributed by atoms with Crippen LogP contribution in [0.1, 0.15) is 37.9 Å². The average molecular weight is 526 g/mol. The monoisotopic (exact) mass is 525 g/mol. The molecule has 0 N–H and O–H groups in total. The molecule has 0 aromatic heterocycles. The molecule has 0 unspecified atom stereocenters. The zero-order valence-corrected chi connectivity index (χ0v) is 19.4. The number of nitrogens with zero attached hydrogens (tertiary/aromatic N) is 1. The van der Waals surface area contributed by atoms with Crippen LogP contribution in [0.2, 0.25) is 5.02 Å². The largest absolute Gasteiger partial charge is 0.416 e. The third kappa shape index (κ3) is 3.17. The maximum Gasteiger partial charge on any atom is 0.416 e. The van der Waals surface area contributed by atoms with Crippen LogP contribution >= 0.6 is 11.6 Å². The molecule has 2 heterocycles. The number of rotatable bonds is 2. The van der Waals surface area contributed by atoms with E-state index in [1.165, 1.54) is 12.1 Å². The predicted octanol–water partition coefficient (Wildman–Crippen LogP) is 5.05. The first kappa shape index (κ1) is 23.6. The molecule has 37 heavy (non-hydrogen) atoms. The van der Waals surface area contributed by atoms with Gasteiger partial charge in [-0.2, -0.15) is 13.2 Å². The lowest BCUT2D eigenvalue weighted by atomic mass is 9.77. The first-order chi connectivity index (χ1) is 17.6. The molecular weight excluding hydrogens is 511 g/mol. The van der Waals surface area contributed by atoms with Crippen molar-refractivity contribution in [2.24, 2.45) is 11.8 Å². The highest BCUT2D eigenvalue weighted by molar-refractivity contribution is 6.37. The summed E-state index contributed by atoms with van der Waals surface area (Å²) in [4.78, 5) is 55.6. The number of ketones is 2. The molecule has 3 aromatic carbocycles. The van der Waals surface area contributed by atoms with Crippen molar-refractivity contribution in [3.63, 3.8) is 0 Å². The van der Waals surface area contributed by atoms with Gasteiger partial charge >= 0.3 is 6.18 Å². The van der Waals surface area contributed by atoms with Gasteiger partial charge in [-0.25, -0.2) is 4.90 Å². The van der Waals surface area contributed by atoms with Gasteiger partial charge in [-0.15, -0.1) is 0 Å². The standard InChI is InChI=1S/C27H15ClF3NO5/c28-15-9-5-13(6-10-15)21-19-20(26(37-21)22(33)17-3-1-2-4-18(17)23(26)34)25(36)32(24(19)35)16-11-7-14(8-12-16)27(29,30)31/h1-12,19-21H/t19-,20+,21+/m0/s1. The molecule has 0 saturated carbocycles. The maximum absolute atomic E-state index is 13.8. The highest BCUT2D eigenvalue weighted by Crippen LogP contribution is 2.57. The van der Waals surface area contributed by atoms with Crippen molar-refractivity contribution in [1.29, 1.82) is 0 Å². The van der Waals surface area contributed by atoms with Gasteiger partial charge in [-0.3, -0.25) is 19.2 Å². The molecule has 2 aliphatic heterocycles. The molecule has 1 aliphatic carbocycles. The van der Waals surface area contributed by atoms with Crippen molar-refractivity contribution < 1.29 is 37.1 Å². The summed E-state index contributed by atoms with van der Waals surface area (Å²) in [5.41, 5.74) is -2.74. The number of alkyl halides is 3. The van der Waals surface area contributed by atoms with Crippen molar-refractivity contribution >= 4 is 40.7 Å². The molecule has 6 nitrogen and oxygen atoms in total. The Kier molecular flexibility index (Phi) is 4.99. The number of amides is 2. The van der Waals surface area contributed by atoms with E-state index in [2.05, 4.69) is 0 Å². The van der Waals surface area contributed by atoms with E-state index >= 15 is 0 Å².